The molecule has 0 aliphatic rings. The molecule has 0 aliphatic carbocycles. The number of thioether (sulfide) groups is 2. The van der Waals surface area contributed by atoms with Crippen molar-refractivity contribution < 1.29 is 8.78 Å². The Hall–Kier alpha value is -2.26. The third kappa shape index (κ3) is 16.6. The minimum absolute atomic E-state index is 0.136. The van der Waals surface area contributed by atoms with Crippen molar-refractivity contribution in [3.63, 3.8) is 0 Å². The number of aliphatic imine (C=N–C) groups is 2. The number of benzene rings is 2. The normalized spacial score (nSPS) is 12.3. The van der Waals surface area contributed by atoms with E-state index in [-0.39, 0.29) is 11.6 Å². The predicted molar refractivity (Wildman–Crippen MR) is 209 cm³/mol. The fourth-order valence-corrected chi connectivity index (χ4v) is 7.19. The Morgan fingerprint density at radius 3 is 1.68 bits per heavy atom. The van der Waals surface area contributed by atoms with Gasteiger partial charge in [0.2, 0.25) is 0 Å². The first-order valence-electron chi connectivity index (χ1n) is 16.8. The lowest BCUT2D eigenvalue weighted by Crippen LogP contribution is -2.12. The summed E-state index contributed by atoms with van der Waals surface area (Å²) >= 11 is 3.35. The minimum atomic E-state index is -0.140. The molecule has 0 heterocycles. The Balaban J connectivity index is 0.000000856. The summed E-state index contributed by atoms with van der Waals surface area (Å²) in [6.45, 7) is 30.8. The van der Waals surface area contributed by atoms with Crippen LogP contribution in [0.15, 0.2) is 67.6 Å². The molecule has 0 saturated carbocycles. The summed E-state index contributed by atoms with van der Waals surface area (Å²) in [5, 5.41) is 3.27. The standard InChI is InChI=1S/C19H29FN2S.C18H27FN2S.C2H6/c1-7-22-11-15-8-9-17(20)16(10-15)12-23-19(14(4)5)18(21-6)13(2)3;1-7-17(18(20-4)13(2)3)22-12-15-10-14(11-21(5)6)8-9-16(15)19;1-2/h8-10,13-14,22H,6-7,11-12H2,1-5H3;8-10,13H,4,7,11-12H2,1-3,5-6H3;1-2H3/b19-18-;18-17-;. The molecule has 2 aromatic carbocycles. The molecule has 2 aromatic rings. The van der Waals surface area contributed by atoms with Gasteiger partial charge in [-0.15, -0.1) is 23.5 Å². The van der Waals surface area contributed by atoms with Crippen LogP contribution in [0.4, 0.5) is 8.78 Å². The van der Waals surface area contributed by atoms with E-state index in [1.807, 2.05) is 52.2 Å². The van der Waals surface area contributed by atoms with Crippen LogP contribution >= 0.6 is 23.5 Å². The van der Waals surface area contributed by atoms with Crippen LogP contribution in [0.1, 0.15) is 97.9 Å². The van der Waals surface area contributed by atoms with E-state index in [1.165, 1.54) is 9.81 Å². The summed E-state index contributed by atoms with van der Waals surface area (Å²) in [6.07, 6.45) is 0.899. The third-order valence-corrected chi connectivity index (χ3v) is 9.65. The van der Waals surface area contributed by atoms with Crippen molar-refractivity contribution in [3.05, 3.63) is 91.5 Å². The molecule has 0 aliphatic heterocycles. The molecule has 0 unspecified atom stereocenters. The van der Waals surface area contributed by atoms with Gasteiger partial charge in [0.05, 0.1) is 11.4 Å². The monoisotopic (exact) mass is 688 g/mol. The quantitative estimate of drug-likeness (QED) is 0.168. The maximum Gasteiger partial charge on any atom is 0.127 e. The van der Waals surface area contributed by atoms with E-state index in [0.717, 1.165) is 59.7 Å². The number of hydrogen-bond acceptors (Lipinski definition) is 6. The number of halogens is 2. The van der Waals surface area contributed by atoms with Crippen LogP contribution < -0.4 is 5.32 Å². The van der Waals surface area contributed by atoms with E-state index < -0.39 is 0 Å². The first-order chi connectivity index (χ1) is 22.3. The highest BCUT2D eigenvalue weighted by molar-refractivity contribution is 8.02. The molecule has 0 atom stereocenters. The molecule has 0 aromatic heterocycles. The highest BCUT2D eigenvalue weighted by Gasteiger charge is 2.15. The van der Waals surface area contributed by atoms with Crippen molar-refractivity contribution in [2.24, 2.45) is 27.7 Å². The smallest absolute Gasteiger partial charge is 0.127 e. The highest BCUT2D eigenvalue weighted by atomic mass is 32.2. The predicted octanol–water partition coefficient (Wildman–Crippen LogP) is 11.5. The molecule has 0 radical (unpaired) electrons. The van der Waals surface area contributed by atoms with Crippen LogP contribution in [0.25, 0.3) is 0 Å². The Morgan fingerprint density at radius 1 is 0.766 bits per heavy atom. The van der Waals surface area contributed by atoms with E-state index in [2.05, 4.69) is 89.0 Å². The number of nitrogens with zero attached hydrogens (tertiary/aromatic N) is 3. The Labute approximate surface area is 295 Å². The molecule has 0 amide bonds. The van der Waals surface area contributed by atoms with Gasteiger partial charge in [-0.25, -0.2) is 8.78 Å². The van der Waals surface area contributed by atoms with Gasteiger partial charge in [0.25, 0.3) is 0 Å². The average Bonchev–Trinajstić information content (AvgIpc) is 3.03. The maximum absolute atomic E-state index is 14.1. The summed E-state index contributed by atoms with van der Waals surface area (Å²) in [5.41, 5.74) is 5.80. The van der Waals surface area contributed by atoms with Crippen molar-refractivity contribution in [2.45, 2.75) is 100 Å². The summed E-state index contributed by atoms with van der Waals surface area (Å²) in [4.78, 5) is 12.8. The highest BCUT2D eigenvalue weighted by Crippen LogP contribution is 2.35. The molecule has 8 heteroatoms. The molecular weight excluding hydrogens is 627 g/mol. The van der Waals surface area contributed by atoms with Crippen LogP contribution in [0, 0.1) is 29.4 Å². The molecule has 0 fully saturated rings. The second-order valence-corrected chi connectivity index (χ2v) is 14.2. The van der Waals surface area contributed by atoms with Gasteiger partial charge < -0.3 is 10.2 Å². The van der Waals surface area contributed by atoms with Crippen molar-refractivity contribution >= 4 is 37.0 Å². The minimum Gasteiger partial charge on any atom is -0.313 e. The summed E-state index contributed by atoms with van der Waals surface area (Å²) in [7, 11) is 4.03. The van der Waals surface area contributed by atoms with Gasteiger partial charge in [-0.05, 0) is 92.6 Å². The number of nitrogens with one attached hydrogen (secondary N) is 1. The fourth-order valence-electron chi connectivity index (χ4n) is 4.67. The topological polar surface area (TPSA) is 40.0 Å². The zero-order chi connectivity index (χ0) is 36.1. The van der Waals surface area contributed by atoms with Gasteiger partial charge in [0.1, 0.15) is 11.6 Å². The molecule has 264 valence electrons. The largest absolute Gasteiger partial charge is 0.313 e. The van der Waals surface area contributed by atoms with E-state index in [4.69, 9.17) is 0 Å². The van der Waals surface area contributed by atoms with Gasteiger partial charge in [0.15, 0.2) is 0 Å². The number of hydrogen-bond donors (Lipinski definition) is 1. The van der Waals surface area contributed by atoms with E-state index >= 15 is 0 Å². The second kappa shape index (κ2) is 24.8. The fraction of sp³-hybridized carbons (Fsp3) is 0.538. The lowest BCUT2D eigenvalue weighted by molar-refractivity contribution is 0.402. The summed E-state index contributed by atoms with van der Waals surface area (Å²) in [6, 6.07) is 10.8. The summed E-state index contributed by atoms with van der Waals surface area (Å²) < 4.78 is 28.1. The van der Waals surface area contributed by atoms with Gasteiger partial charge >= 0.3 is 0 Å². The van der Waals surface area contributed by atoms with Crippen LogP contribution in [0.3, 0.4) is 0 Å². The van der Waals surface area contributed by atoms with Gasteiger partial charge in [-0.3, -0.25) is 9.98 Å². The lowest BCUT2D eigenvalue weighted by Gasteiger charge is -2.18. The second-order valence-electron chi connectivity index (χ2n) is 12.1. The molecular formula is C39H62F2N4S2. The van der Waals surface area contributed by atoms with Crippen LogP contribution in [-0.4, -0.2) is 39.0 Å². The Morgan fingerprint density at radius 2 is 1.26 bits per heavy atom. The van der Waals surface area contributed by atoms with Gasteiger partial charge in [-0.1, -0.05) is 93.5 Å². The zero-order valence-electron chi connectivity index (χ0n) is 31.3. The molecule has 2 rings (SSSR count). The Kier molecular flexibility index (Phi) is 23.6. The first-order valence-corrected chi connectivity index (χ1v) is 18.8. The van der Waals surface area contributed by atoms with Crippen LogP contribution in [0.5, 0.6) is 0 Å². The SMILES string of the molecule is C=N/C(=C(/CC)SCc1cc(CN(C)C)ccc1F)C(C)C.C=N/C(=C(\SCc1cc(CNCC)ccc1F)C(C)C)C(C)C.CC. The first kappa shape index (κ1) is 44.7. The number of allylic oxidation sites excluding steroid dienone is 4. The van der Waals surface area contributed by atoms with Crippen molar-refractivity contribution in [1.29, 1.82) is 0 Å². The molecule has 4 nitrogen and oxygen atoms in total. The van der Waals surface area contributed by atoms with Crippen LogP contribution in [0.2, 0.25) is 0 Å². The average molecular weight is 689 g/mol. The van der Waals surface area contributed by atoms with E-state index in [9.17, 15) is 8.78 Å². The molecule has 0 saturated heterocycles. The van der Waals surface area contributed by atoms with E-state index in [1.54, 1.807) is 35.7 Å². The zero-order valence-corrected chi connectivity index (χ0v) is 32.9. The van der Waals surface area contributed by atoms with Gasteiger partial charge in [0, 0.05) is 34.4 Å². The summed E-state index contributed by atoms with van der Waals surface area (Å²) in [5.74, 6) is 1.98. The molecule has 1 N–H and O–H groups in total. The van der Waals surface area contributed by atoms with Crippen LogP contribution in [-0.2, 0) is 24.6 Å². The molecule has 47 heavy (non-hydrogen) atoms. The van der Waals surface area contributed by atoms with E-state index in [0.29, 0.717) is 29.3 Å². The van der Waals surface area contributed by atoms with Gasteiger partial charge in [-0.2, -0.15) is 0 Å². The maximum atomic E-state index is 14.1. The lowest BCUT2D eigenvalue weighted by atomic mass is 10.1. The molecule has 0 bridgehead atoms. The van der Waals surface area contributed by atoms with Crippen molar-refractivity contribution in [2.75, 3.05) is 20.6 Å². The van der Waals surface area contributed by atoms with Crippen molar-refractivity contribution in [1.82, 2.24) is 10.2 Å². The Bertz CT molecular complexity index is 1280. The number of rotatable bonds is 17. The third-order valence-electron chi connectivity index (χ3n) is 6.90. The van der Waals surface area contributed by atoms with Crippen molar-refractivity contribution in [3.8, 4) is 0 Å². The molecule has 0 spiro atoms.